The number of imidazole rings is 1. The first kappa shape index (κ1) is 21.2. The number of nitrogens with zero attached hydrogens (tertiary/aromatic N) is 2. The van der Waals surface area contributed by atoms with Crippen molar-refractivity contribution in [2.24, 2.45) is 5.92 Å². The van der Waals surface area contributed by atoms with Crippen molar-refractivity contribution in [1.82, 2.24) is 20.2 Å². The maximum absolute atomic E-state index is 12.6. The number of hydrogen-bond donors (Lipinski definition) is 2. The van der Waals surface area contributed by atoms with E-state index in [1.54, 1.807) is 14.2 Å². The van der Waals surface area contributed by atoms with Crippen LogP contribution in [0.15, 0.2) is 36.4 Å². The van der Waals surface area contributed by atoms with Crippen LogP contribution in [0.25, 0.3) is 11.3 Å². The summed E-state index contributed by atoms with van der Waals surface area (Å²) in [6, 6.07) is 7.54. The van der Waals surface area contributed by atoms with Crippen LogP contribution in [0.1, 0.15) is 54.3 Å². The Bertz CT molecular complexity index is 956. The number of rotatable bonds is 6. The molecule has 4 rings (SSSR count). The number of ether oxygens (including phenoxy) is 1. The highest BCUT2D eigenvalue weighted by atomic mass is 16.5. The Kier molecular flexibility index (Phi) is 6.39. The number of carbonyl (C=O) groups is 2. The van der Waals surface area contributed by atoms with E-state index in [1.807, 2.05) is 29.2 Å². The number of piperidine rings is 1. The summed E-state index contributed by atoms with van der Waals surface area (Å²) in [6.07, 6.45) is 8.82. The molecule has 1 fully saturated rings. The fourth-order valence-corrected chi connectivity index (χ4v) is 4.45. The molecule has 1 saturated heterocycles. The number of amides is 2. The summed E-state index contributed by atoms with van der Waals surface area (Å²) in [5.74, 6) is 2.23. The first-order chi connectivity index (χ1) is 15.1. The summed E-state index contributed by atoms with van der Waals surface area (Å²) in [5.41, 5.74) is 1.97. The van der Waals surface area contributed by atoms with Gasteiger partial charge in [-0.2, -0.15) is 0 Å². The maximum atomic E-state index is 12.6. The Labute approximate surface area is 182 Å². The van der Waals surface area contributed by atoms with Crippen molar-refractivity contribution in [3.8, 4) is 17.0 Å². The van der Waals surface area contributed by atoms with E-state index in [2.05, 4.69) is 22.5 Å². The maximum Gasteiger partial charge on any atom is 0.269 e. The molecule has 1 aromatic carbocycles. The average molecular weight is 423 g/mol. The summed E-state index contributed by atoms with van der Waals surface area (Å²) < 4.78 is 5.23. The van der Waals surface area contributed by atoms with E-state index in [-0.39, 0.29) is 17.7 Å². The minimum atomic E-state index is -0.193. The molecular formula is C24H30N4O3. The minimum absolute atomic E-state index is 0.193. The van der Waals surface area contributed by atoms with Gasteiger partial charge in [0, 0.05) is 38.0 Å². The van der Waals surface area contributed by atoms with Gasteiger partial charge in [-0.05, 0) is 55.9 Å². The first-order valence-corrected chi connectivity index (χ1v) is 11.0. The molecule has 0 saturated carbocycles. The van der Waals surface area contributed by atoms with Crippen LogP contribution in [0.4, 0.5) is 0 Å². The van der Waals surface area contributed by atoms with Crippen LogP contribution in [0, 0.1) is 5.92 Å². The molecule has 1 aliphatic heterocycles. The molecule has 0 radical (unpaired) electrons. The molecule has 7 heteroatoms. The zero-order valence-electron chi connectivity index (χ0n) is 18.2. The molecule has 2 aliphatic rings. The number of likely N-dealkylation sites (tertiary alicyclic amines) is 1. The van der Waals surface area contributed by atoms with E-state index >= 15 is 0 Å². The number of nitrogens with one attached hydrogen (secondary N) is 2. The number of aromatic amines is 1. The Morgan fingerprint density at radius 3 is 2.55 bits per heavy atom. The summed E-state index contributed by atoms with van der Waals surface area (Å²) >= 11 is 0. The van der Waals surface area contributed by atoms with Gasteiger partial charge in [0.15, 0.2) is 0 Å². The van der Waals surface area contributed by atoms with E-state index in [4.69, 9.17) is 9.72 Å². The minimum Gasteiger partial charge on any atom is -0.497 e. The molecule has 0 spiro atoms. The number of H-pyrrole nitrogens is 1. The third-order valence-electron chi connectivity index (χ3n) is 6.32. The molecule has 1 aromatic heterocycles. The molecular weight excluding hydrogens is 392 g/mol. The molecule has 2 aromatic rings. The van der Waals surface area contributed by atoms with Crippen molar-refractivity contribution in [2.75, 3.05) is 27.2 Å². The lowest BCUT2D eigenvalue weighted by Gasteiger charge is -2.31. The van der Waals surface area contributed by atoms with Crippen LogP contribution >= 0.6 is 0 Å². The standard InChI is InChI=1S/C24H30N4O3/c1-25-24(30)22-21(17-7-9-19(31-2)10-8-17)26-23(27-22)18-11-13-28(14-12-18)20(29)15-16-5-3-4-6-16/h3,5,7-10,16,18H,4,6,11-15H2,1-2H3,(H,25,30)(H,26,27)/t16-/m1/s1. The summed E-state index contributed by atoms with van der Waals surface area (Å²) in [5, 5.41) is 2.69. The predicted octanol–water partition coefficient (Wildman–Crippen LogP) is 3.51. The third kappa shape index (κ3) is 4.65. The second-order valence-electron chi connectivity index (χ2n) is 8.28. The van der Waals surface area contributed by atoms with E-state index in [9.17, 15) is 9.59 Å². The van der Waals surface area contributed by atoms with Gasteiger partial charge in [0.05, 0.1) is 7.11 Å². The molecule has 0 bridgehead atoms. The fourth-order valence-electron chi connectivity index (χ4n) is 4.45. The van der Waals surface area contributed by atoms with E-state index < -0.39 is 0 Å². The van der Waals surface area contributed by atoms with Gasteiger partial charge in [-0.25, -0.2) is 4.98 Å². The monoisotopic (exact) mass is 422 g/mol. The Morgan fingerprint density at radius 2 is 1.94 bits per heavy atom. The Balaban J connectivity index is 1.47. The number of carbonyl (C=O) groups excluding carboxylic acids is 2. The first-order valence-electron chi connectivity index (χ1n) is 11.0. The van der Waals surface area contributed by atoms with Gasteiger partial charge < -0.3 is 19.9 Å². The molecule has 1 aliphatic carbocycles. The zero-order chi connectivity index (χ0) is 21.8. The number of methoxy groups -OCH3 is 1. The fraction of sp³-hybridized carbons (Fsp3) is 0.458. The van der Waals surface area contributed by atoms with Crippen LogP contribution in [-0.2, 0) is 4.79 Å². The highest BCUT2D eigenvalue weighted by Crippen LogP contribution is 2.31. The topological polar surface area (TPSA) is 87.3 Å². The van der Waals surface area contributed by atoms with Gasteiger partial charge in [-0.1, -0.05) is 12.2 Å². The number of benzene rings is 1. The summed E-state index contributed by atoms with van der Waals surface area (Å²) in [7, 11) is 3.24. The molecule has 0 unspecified atom stereocenters. The van der Waals surface area contributed by atoms with Crippen molar-refractivity contribution >= 4 is 11.8 Å². The van der Waals surface area contributed by atoms with Gasteiger partial charge in [-0.3, -0.25) is 9.59 Å². The van der Waals surface area contributed by atoms with Crippen molar-refractivity contribution in [2.45, 2.75) is 38.0 Å². The van der Waals surface area contributed by atoms with Crippen molar-refractivity contribution < 1.29 is 14.3 Å². The van der Waals surface area contributed by atoms with Crippen molar-refractivity contribution in [3.05, 3.63) is 47.9 Å². The number of aromatic nitrogens is 2. The highest BCUT2D eigenvalue weighted by Gasteiger charge is 2.29. The van der Waals surface area contributed by atoms with Crippen LogP contribution in [0.3, 0.4) is 0 Å². The van der Waals surface area contributed by atoms with Gasteiger partial charge in [0.1, 0.15) is 23.0 Å². The normalized spacial score (nSPS) is 18.9. The molecule has 31 heavy (non-hydrogen) atoms. The zero-order valence-corrected chi connectivity index (χ0v) is 18.2. The van der Waals surface area contributed by atoms with Gasteiger partial charge in [0.2, 0.25) is 5.91 Å². The molecule has 7 nitrogen and oxygen atoms in total. The third-order valence-corrected chi connectivity index (χ3v) is 6.32. The number of hydrogen-bond acceptors (Lipinski definition) is 4. The molecule has 2 amide bonds. The molecule has 164 valence electrons. The molecule has 1 atom stereocenters. The second kappa shape index (κ2) is 9.37. The smallest absolute Gasteiger partial charge is 0.269 e. The molecule has 2 heterocycles. The summed E-state index contributed by atoms with van der Waals surface area (Å²) in [4.78, 5) is 35.2. The Morgan fingerprint density at radius 1 is 1.19 bits per heavy atom. The lowest BCUT2D eigenvalue weighted by molar-refractivity contribution is -0.132. The largest absolute Gasteiger partial charge is 0.497 e. The quantitative estimate of drug-likeness (QED) is 0.698. The van der Waals surface area contributed by atoms with E-state index in [1.165, 1.54) is 0 Å². The van der Waals surface area contributed by atoms with Crippen LogP contribution in [0.2, 0.25) is 0 Å². The highest BCUT2D eigenvalue weighted by molar-refractivity contribution is 5.98. The van der Waals surface area contributed by atoms with Crippen LogP contribution in [0.5, 0.6) is 5.75 Å². The number of allylic oxidation sites excluding steroid dienone is 2. The van der Waals surface area contributed by atoms with Crippen molar-refractivity contribution in [3.63, 3.8) is 0 Å². The van der Waals surface area contributed by atoms with Crippen LogP contribution < -0.4 is 10.1 Å². The van der Waals surface area contributed by atoms with Gasteiger partial charge in [-0.15, -0.1) is 0 Å². The summed E-state index contributed by atoms with van der Waals surface area (Å²) in [6.45, 7) is 1.46. The lowest BCUT2D eigenvalue weighted by atomic mass is 9.95. The SMILES string of the molecule is CNC(=O)c1[nH]c(C2CCN(C(=O)C[C@@H]3C=CCC3)CC2)nc1-c1ccc(OC)cc1. The molecule has 2 N–H and O–H groups in total. The van der Waals surface area contributed by atoms with Crippen LogP contribution in [-0.4, -0.2) is 53.9 Å². The predicted molar refractivity (Wildman–Crippen MR) is 119 cm³/mol. The van der Waals surface area contributed by atoms with Crippen molar-refractivity contribution in [1.29, 1.82) is 0 Å². The van der Waals surface area contributed by atoms with Gasteiger partial charge in [0.25, 0.3) is 5.91 Å². The second-order valence-corrected chi connectivity index (χ2v) is 8.28. The van der Waals surface area contributed by atoms with E-state index in [0.29, 0.717) is 23.7 Å². The van der Waals surface area contributed by atoms with Gasteiger partial charge >= 0.3 is 0 Å². The Hall–Kier alpha value is -3.09. The lowest BCUT2D eigenvalue weighted by Crippen LogP contribution is -2.38. The van der Waals surface area contributed by atoms with E-state index in [0.717, 1.165) is 55.9 Å². The average Bonchev–Trinajstić information content (AvgIpc) is 3.49.